The Kier molecular flexibility index (Phi) is 5.20. The molecule has 4 heteroatoms. The molecule has 0 amide bonds. The van der Waals surface area contributed by atoms with E-state index in [1.807, 2.05) is 60.7 Å². The summed E-state index contributed by atoms with van der Waals surface area (Å²) in [5.41, 5.74) is 1.65. The first-order valence-corrected chi connectivity index (χ1v) is 7.12. The van der Waals surface area contributed by atoms with Crippen molar-refractivity contribution in [3.63, 3.8) is 0 Å². The number of rotatable bonds is 5. The fourth-order valence-electron chi connectivity index (χ4n) is 2.16. The quantitative estimate of drug-likeness (QED) is 0.511. The molecular weight excluding hydrogens is 278 g/mol. The summed E-state index contributed by atoms with van der Waals surface area (Å²) in [5.74, 6) is -0.652. The summed E-state index contributed by atoms with van der Waals surface area (Å²) in [6, 6.07) is 18.8. The maximum Gasteiger partial charge on any atom is 0.358 e. The van der Waals surface area contributed by atoms with E-state index in [9.17, 15) is 9.90 Å². The maximum absolute atomic E-state index is 12.3. The molecule has 0 bridgehead atoms. The fourth-order valence-corrected chi connectivity index (χ4v) is 2.16. The average Bonchev–Trinajstić information content (AvgIpc) is 2.54. The van der Waals surface area contributed by atoms with Crippen molar-refractivity contribution in [1.29, 1.82) is 0 Å². The lowest BCUT2D eigenvalue weighted by atomic mass is 10.2. The third-order valence-electron chi connectivity index (χ3n) is 3.06. The minimum absolute atomic E-state index is 0.0915. The van der Waals surface area contributed by atoms with E-state index in [0.717, 1.165) is 11.4 Å². The van der Waals surface area contributed by atoms with Gasteiger partial charge in [0.05, 0.1) is 6.61 Å². The van der Waals surface area contributed by atoms with Crippen LogP contribution >= 0.6 is 0 Å². The summed E-state index contributed by atoms with van der Waals surface area (Å²) in [6.45, 7) is 3.45. The van der Waals surface area contributed by atoms with Crippen molar-refractivity contribution >= 4 is 17.3 Å². The Bertz CT molecular complexity index is 607. The number of anilines is 2. The first-order chi connectivity index (χ1) is 10.6. The number of aliphatic hydroxyl groups excluding tert-OH is 1. The lowest BCUT2D eigenvalue weighted by molar-refractivity contribution is -0.138. The number of nitrogens with zero attached hydrogens (tertiary/aromatic N) is 1. The van der Waals surface area contributed by atoms with Gasteiger partial charge in [-0.25, -0.2) is 4.79 Å². The zero-order chi connectivity index (χ0) is 15.9. The fraction of sp³-hybridized carbons (Fsp3) is 0.167. The molecule has 22 heavy (non-hydrogen) atoms. The summed E-state index contributed by atoms with van der Waals surface area (Å²) in [4.78, 5) is 14.0. The van der Waals surface area contributed by atoms with Gasteiger partial charge in [0.15, 0.2) is 5.70 Å². The number of hydrogen-bond donors (Lipinski definition) is 1. The van der Waals surface area contributed by atoms with Gasteiger partial charge in [0, 0.05) is 11.4 Å². The summed E-state index contributed by atoms with van der Waals surface area (Å²) >= 11 is 0. The summed E-state index contributed by atoms with van der Waals surface area (Å²) in [5, 5.41) is 10.0. The van der Waals surface area contributed by atoms with Crippen molar-refractivity contribution in [2.75, 3.05) is 11.5 Å². The van der Waals surface area contributed by atoms with Gasteiger partial charge in [-0.1, -0.05) is 36.4 Å². The third kappa shape index (κ3) is 3.47. The molecule has 0 aromatic heterocycles. The standard InChI is InChI=1S/C18H19NO3/c1-3-22-18(21)17(14(2)20)19(15-10-6-4-7-11-15)16-12-8-5-9-13-16/h4-13,20H,3H2,1-2H3/b17-14-. The monoisotopic (exact) mass is 297 g/mol. The molecule has 0 unspecified atom stereocenters. The van der Waals surface area contributed by atoms with Gasteiger partial charge in [0.25, 0.3) is 0 Å². The van der Waals surface area contributed by atoms with Crippen LogP contribution in [-0.4, -0.2) is 17.7 Å². The van der Waals surface area contributed by atoms with Gasteiger partial charge in [0.1, 0.15) is 5.76 Å². The molecule has 114 valence electrons. The van der Waals surface area contributed by atoms with Crippen molar-refractivity contribution < 1.29 is 14.6 Å². The van der Waals surface area contributed by atoms with Gasteiger partial charge in [0.2, 0.25) is 0 Å². The Morgan fingerprint density at radius 3 is 1.82 bits per heavy atom. The number of allylic oxidation sites excluding steroid dienone is 1. The number of aliphatic hydroxyl groups is 1. The molecule has 1 N–H and O–H groups in total. The van der Waals surface area contributed by atoms with Gasteiger partial charge in [-0.05, 0) is 38.1 Å². The number of carbonyl (C=O) groups is 1. The minimum atomic E-state index is -0.560. The van der Waals surface area contributed by atoms with E-state index in [2.05, 4.69) is 0 Å². The second-order valence-corrected chi connectivity index (χ2v) is 4.66. The maximum atomic E-state index is 12.3. The molecule has 0 radical (unpaired) electrons. The molecule has 0 heterocycles. The van der Waals surface area contributed by atoms with E-state index in [0.29, 0.717) is 0 Å². The van der Waals surface area contributed by atoms with Crippen LogP contribution in [-0.2, 0) is 9.53 Å². The Morgan fingerprint density at radius 1 is 1.00 bits per heavy atom. The lowest BCUT2D eigenvalue weighted by Crippen LogP contribution is -2.26. The highest BCUT2D eigenvalue weighted by atomic mass is 16.5. The molecule has 2 aromatic carbocycles. The summed E-state index contributed by atoms with van der Waals surface area (Å²) in [6.07, 6.45) is 0. The lowest BCUT2D eigenvalue weighted by Gasteiger charge is -2.26. The van der Waals surface area contributed by atoms with Crippen LogP contribution in [0.5, 0.6) is 0 Å². The SMILES string of the molecule is CCOC(=O)/C(=C(\C)O)N(c1ccccc1)c1ccccc1. The highest BCUT2D eigenvalue weighted by Gasteiger charge is 2.24. The van der Waals surface area contributed by atoms with E-state index in [1.165, 1.54) is 6.92 Å². The van der Waals surface area contributed by atoms with Gasteiger partial charge < -0.3 is 14.7 Å². The molecule has 2 aromatic rings. The van der Waals surface area contributed by atoms with Crippen LogP contribution in [0.25, 0.3) is 0 Å². The normalized spacial score (nSPS) is 11.5. The van der Waals surface area contributed by atoms with Crippen LogP contribution in [0.15, 0.2) is 72.1 Å². The number of ether oxygens (including phenoxy) is 1. The molecule has 0 fully saturated rings. The predicted molar refractivity (Wildman–Crippen MR) is 87.0 cm³/mol. The third-order valence-corrected chi connectivity index (χ3v) is 3.06. The highest BCUT2D eigenvalue weighted by Crippen LogP contribution is 2.31. The molecule has 0 atom stereocenters. The largest absolute Gasteiger partial charge is 0.510 e. The molecule has 0 aliphatic heterocycles. The predicted octanol–water partition coefficient (Wildman–Crippen LogP) is 4.18. The van der Waals surface area contributed by atoms with E-state index >= 15 is 0 Å². The van der Waals surface area contributed by atoms with Crippen LogP contribution in [0.1, 0.15) is 13.8 Å². The Balaban J connectivity index is 2.58. The van der Waals surface area contributed by atoms with Crippen molar-refractivity contribution in [2.45, 2.75) is 13.8 Å². The Labute approximate surface area is 130 Å². The van der Waals surface area contributed by atoms with E-state index in [4.69, 9.17) is 4.74 Å². The smallest absolute Gasteiger partial charge is 0.358 e. The molecule has 0 saturated carbocycles. The van der Waals surface area contributed by atoms with Crippen LogP contribution < -0.4 is 4.90 Å². The van der Waals surface area contributed by atoms with E-state index < -0.39 is 5.97 Å². The average molecular weight is 297 g/mol. The first kappa shape index (κ1) is 15.6. The molecule has 0 saturated heterocycles. The second-order valence-electron chi connectivity index (χ2n) is 4.66. The van der Waals surface area contributed by atoms with Crippen LogP contribution in [0.4, 0.5) is 11.4 Å². The van der Waals surface area contributed by atoms with Gasteiger partial charge >= 0.3 is 5.97 Å². The number of hydrogen-bond acceptors (Lipinski definition) is 4. The molecule has 2 rings (SSSR count). The Hall–Kier alpha value is -2.75. The molecule has 0 aliphatic carbocycles. The van der Waals surface area contributed by atoms with Gasteiger partial charge in [-0.3, -0.25) is 0 Å². The van der Waals surface area contributed by atoms with Gasteiger partial charge in [-0.2, -0.15) is 0 Å². The number of benzene rings is 2. The number of carbonyl (C=O) groups excluding carboxylic acids is 1. The summed E-state index contributed by atoms with van der Waals surface area (Å²) in [7, 11) is 0. The van der Waals surface area contributed by atoms with Crippen LogP contribution in [0, 0.1) is 0 Å². The zero-order valence-electron chi connectivity index (χ0n) is 12.7. The topological polar surface area (TPSA) is 49.8 Å². The number of para-hydroxylation sites is 2. The van der Waals surface area contributed by atoms with Crippen molar-refractivity contribution in [3.05, 3.63) is 72.1 Å². The first-order valence-electron chi connectivity index (χ1n) is 7.12. The van der Waals surface area contributed by atoms with Crippen molar-refractivity contribution in [1.82, 2.24) is 0 Å². The Morgan fingerprint density at radius 2 is 1.45 bits per heavy atom. The zero-order valence-corrected chi connectivity index (χ0v) is 12.7. The second kappa shape index (κ2) is 7.31. The molecule has 4 nitrogen and oxygen atoms in total. The van der Waals surface area contributed by atoms with E-state index in [-0.39, 0.29) is 18.1 Å². The van der Waals surface area contributed by atoms with Crippen LogP contribution in [0.3, 0.4) is 0 Å². The highest BCUT2D eigenvalue weighted by molar-refractivity contribution is 5.96. The van der Waals surface area contributed by atoms with Gasteiger partial charge in [-0.15, -0.1) is 0 Å². The summed E-state index contributed by atoms with van der Waals surface area (Å²) < 4.78 is 5.09. The van der Waals surface area contributed by atoms with Crippen molar-refractivity contribution in [2.24, 2.45) is 0 Å². The van der Waals surface area contributed by atoms with Crippen molar-refractivity contribution in [3.8, 4) is 0 Å². The minimum Gasteiger partial charge on any atom is -0.510 e. The van der Waals surface area contributed by atoms with Crippen LogP contribution in [0.2, 0.25) is 0 Å². The molecular formula is C18H19NO3. The van der Waals surface area contributed by atoms with E-state index in [1.54, 1.807) is 11.8 Å². The molecule has 0 spiro atoms. The number of esters is 1. The molecule has 0 aliphatic rings.